The van der Waals surface area contributed by atoms with E-state index in [9.17, 15) is 22.4 Å². The topological polar surface area (TPSA) is 132 Å². The zero-order valence-corrected chi connectivity index (χ0v) is 17.7. The number of carbonyl (C=O) groups is 1. The fraction of sp³-hybridized carbons (Fsp3) is 0.200. The molecule has 0 aliphatic carbocycles. The van der Waals surface area contributed by atoms with Gasteiger partial charge in [-0.15, -0.1) is 0 Å². The molecule has 3 N–H and O–H groups in total. The summed E-state index contributed by atoms with van der Waals surface area (Å²) >= 11 is 0. The molecule has 0 atom stereocenters. The van der Waals surface area contributed by atoms with E-state index in [0.717, 1.165) is 17.0 Å². The predicted octanol–water partition coefficient (Wildman–Crippen LogP) is 2.51. The van der Waals surface area contributed by atoms with Crippen molar-refractivity contribution in [1.29, 1.82) is 0 Å². The number of carbonyl (C=O) groups excluding carboxylic acids is 1. The lowest BCUT2D eigenvalue weighted by molar-refractivity contribution is 0.170. The van der Waals surface area contributed by atoms with Crippen molar-refractivity contribution >= 4 is 33.0 Å². The number of halogens is 1. The molecular formula is C20H20FN3O6S. The molecule has 0 aliphatic heterocycles. The summed E-state index contributed by atoms with van der Waals surface area (Å²) in [5.74, 6) is -1.15. The molecule has 3 aromatic rings. The van der Waals surface area contributed by atoms with Crippen molar-refractivity contribution in [3.63, 3.8) is 0 Å². The van der Waals surface area contributed by atoms with Crippen molar-refractivity contribution in [3.05, 3.63) is 69.3 Å². The van der Waals surface area contributed by atoms with Crippen LogP contribution in [0.25, 0.3) is 11.0 Å². The number of anilines is 1. The number of benzene rings is 2. The molecule has 9 nitrogen and oxygen atoms in total. The van der Waals surface area contributed by atoms with Crippen LogP contribution in [0.2, 0.25) is 0 Å². The minimum Gasteiger partial charge on any atom is -0.422 e. The Morgan fingerprint density at radius 1 is 1.26 bits per heavy atom. The summed E-state index contributed by atoms with van der Waals surface area (Å²) in [6.45, 7) is 1.64. The average molecular weight is 449 g/mol. The quantitative estimate of drug-likeness (QED) is 0.575. The van der Waals surface area contributed by atoms with Crippen LogP contribution in [0.5, 0.6) is 5.75 Å². The highest BCUT2D eigenvalue weighted by molar-refractivity contribution is 7.90. The molecule has 0 saturated heterocycles. The molecule has 0 bridgehead atoms. The second-order valence-corrected chi connectivity index (χ2v) is 8.35. The Balaban J connectivity index is 2.00. The predicted molar refractivity (Wildman–Crippen MR) is 113 cm³/mol. The third kappa shape index (κ3) is 5.19. The van der Waals surface area contributed by atoms with E-state index in [1.54, 1.807) is 19.1 Å². The van der Waals surface area contributed by atoms with Crippen LogP contribution in [-0.2, 0) is 16.6 Å². The van der Waals surface area contributed by atoms with Gasteiger partial charge in [0.15, 0.2) is 11.6 Å². The molecule has 0 aliphatic rings. The molecular weight excluding hydrogens is 429 g/mol. The van der Waals surface area contributed by atoms with E-state index in [2.05, 4.69) is 4.72 Å². The first-order valence-corrected chi connectivity index (χ1v) is 10.5. The second kappa shape index (κ2) is 8.36. The lowest BCUT2D eigenvalue weighted by Gasteiger charge is -2.13. The van der Waals surface area contributed by atoms with Crippen LogP contribution in [-0.4, -0.2) is 33.5 Å². The van der Waals surface area contributed by atoms with E-state index in [4.69, 9.17) is 14.3 Å². The molecule has 0 fully saturated rings. The summed E-state index contributed by atoms with van der Waals surface area (Å²) < 4.78 is 49.4. The zero-order valence-electron chi connectivity index (χ0n) is 16.9. The Morgan fingerprint density at radius 2 is 1.97 bits per heavy atom. The summed E-state index contributed by atoms with van der Waals surface area (Å²) in [6, 6.07) is 8.62. The van der Waals surface area contributed by atoms with Gasteiger partial charge >= 0.3 is 11.7 Å². The normalized spacial score (nSPS) is 11.4. The van der Waals surface area contributed by atoms with Gasteiger partial charge in [0.1, 0.15) is 5.58 Å². The Morgan fingerprint density at radius 3 is 2.61 bits per heavy atom. The lowest BCUT2D eigenvalue weighted by Crippen LogP contribution is -2.25. The number of hydrogen-bond acceptors (Lipinski definition) is 6. The van der Waals surface area contributed by atoms with Gasteiger partial charge in [0, 0.05) is 37.5 Å². The minimum absolute atomic E-state index is 0.0684. The maximum atomic E-state index is 14.5. The van der Waals surface area contributed by atoms with Gasteiger partial charge in [-0.05, 0) is 36.2 Å². The number of nitrogens with one attached hydrogen (secondary N) is 1. The molecule has 1 aromatic heterocycles. The van der Waals surface area contributed by atoms with Gasteiger partial charge < -0.3 is 14.1 Å². The Labute approximate surface area is 177 Å². The van der Waals surface area contributed by atoms with Crippen molar-refractivity contribution in [2.45, 2.75) is 13.3 Å². The lowest BCUT2D eigenvalue weighted by atomic mass is 9.99. The Kier molecular flexibility index (Phi) is 6.00. The zero-order chi connectivity index (χ0) is 22.9. The number of ether oxygens (including phenoxy) is 1. The highest BCUT2D eigenvalue weighted by Gasteiger charge is 2.18. The molecule has 0 spiro atoms. The standard InChI is InChI=1S/C20H20FN3O6S/c1-11-14-9-16(21)18(30-20(26)24(2)3)10-17(14)29-19(25)15(11)8-12-5-4-6-13(7-12)23-31(22,27)28/h4-7,9-10,23H,8H2,1-3H3,(H2,22,27,28). The van der Waals surface area contributed by atoms with Crippen molar-refractivity contribution in [2.24, 2.45) is 5.14 Å². The number of aryl methyl sites for hydroxylation is 1. The van der Waals surface area contributed by atoms with Gasteiger partial charge in [0.2, 0.25) is 0 Å². The fourth-order valence-electron chi connectivity index (χ4n) is 2.97. The van der Waals surface area contributed by atoms with Crippen LogP contribution in [0.15, 0.2) is 45.6 Å². The summed E-state index contributed by atoms with van der Waals surface area (Å²) in [5, 5.41) is 5.32. The first kappa shape index (κ1) is 22.2. The third-order valence-corrected chi connectivity index (χ3v) is 4.99. The SMILES string of the molecule is Cc1c(Cc2cccc(NS(N)(=O)=O)c2)c(=O)oc2cc(OC(=O)N(C)C)c(F)cc12. The van der Waals surface area contributed by atoms with Gasteiger partial charge in [-0.1, -0.05) is 12.1 Å². The van der Waals surface area contributed by atoms with E-state index in [-0.39, 0.29) is 29.0 Å². The summed E-state index contributed by atoms with van der Waals surface area (Å²) in [5.41, 5.74) is 1.03. The maximum absolute atomic E-state index is 14.5. The number of amides is 1. The van der Waals surface area contributed by atoms with Crippen LogP contribution in [0.3, 0.4) is 0 Å². The molecule has 0 saturated carbocycles. The smallest absolute Gasteiger partial charge is 0.414 e. The molecule has 11 heteroatoms. The number of hydrogen-bond donors (Lipinski definition) is 2. The highest BCUT2D eigenvalue weighted by Crippen LogP contribution is 2.28. The van der Waals surface area contributed by atoms with Gasteiger partial charge in [0.25, 0.3) is 10.2 Å². The Bertz CT molecular complexity index is 1330. The van der Waals surface area contributed by atoms with Crippen LogP contribution in [0.4, 0.5) is 14.9 Å². The van der Waals surface area contributed by atoms with Crippen molar-refractivity contribution in [2.75, 3.05) is 18.8 Å². The Hall–Kier alpha value is -3.44. The van der Waals surface area contributed by atoms with Gasteiger partial charge in [-0.3, -0.25) is 4.72 Å². The molecule has 31 heavy (non-hydrogen) atoms. The fourth-order valence-corrected chi connectivity index (χ4v) is 3.43. The van der Waals surface area contributed by atoms with Gasteiger partial charge in [-0.2, -0.15) is 8.42 Å². The minimum atomic E-state index is -3.95. The largest absolute Gasteiger partial charge is 0.422 e. The molecule has 2 aromatic carbocycles. The van der Waals surface area contributed by atoms with E-state index in [1.165, 1.54) is 26.2 Å². The van der Waals surface area contributed by atoms with Crippen LogP contribution in [0.1, 0.15) is 16.7 Å². The monoisotopic (exact) mass is 449 g/mol. The first-order valence-electron chi connectivity index (χ1n) is 8.99. The molecule has 1 amide bonds. The molecule has 164 valence electrons. The van der Waals surface area contributed by atoms with E-state index in [1.807, 2.05) is 0 Å². The molecule has 1 heterocycles. The van der Waals surface area contributed by atoms with Crippen molar-refractivity contribution in [3.8, 4) is 5.75 Å². The second-order valence-electron chi connectivity index (χ2n) is 7.06. The summed E-state index contributed by atoms with van der Waals surface area (Å²) in [4.78, 5) is 25.4. The number of nitrogens with two attached hydrogens (primary N) is 1. The third-order valence-electron chi connectivity index (χ3n) is 4.47. The van der Waals surface area contributed by atoms with E-state index in [0.29, 0.717) is 16.5 Å². The van der Waals surface area contributed by atoms with Gasteiger partial charge in [-0.25, -0.2) is 19.1 Å². The average Bonchev–Trinajstić information content (AvgIpc) is 2.65. The van der Waals surface area contributed by atoms with E-state index < -0.39 is 27.7 Å². The molecule has 0 radical (unpaired) electrons. The van der Waals surface area contributed by atoms with Crippen LogP contribution < -0.4 is 20.2 Å². The summed E-state index contributed by atoms with van der Waals surface area (Å²) in [6.07, 6.45) is -0.662. The van der Waals surface area contributed by atoms with Gasteiger partial charge in [0.05, 0.1) is 5.69 Å². The summed E-state index contributed by atoms with van der Waals surface area (Å²) in [7, 11) is -1.05. The van der Waals surface area contributed by atoms with Crippen molar-refractivity contribution in [1.82, 2.24) is 4.90 Å². The molecule has 3 rings (SSSR count). The number of rotatable bonds is 5. The molecule has 0 unspecified atom stereocenters. The van der Waals surface area contributed by atoms with Crippen LogP contribution >= 0.6 is 0 Å². The highest BCUT2D eigenvalue weighted by atomic mass is 32.2. The van der Waals surface area contributed by atoms with Crippen LogP contribution in [0, 0.1) is 12.7 Å². The maximum Gasteiger partial charge on any atom is 0.414 e. The van der Waals surface area contributed by atoms with Crippen molar-refractivity contribution < 1.29 is 26.8 Å². The first-order chi connectivity index (χ1) is 14.4. The van der Waals surface area contributed by atoms with E-state index >= 15 is 0 Å². The number of nitrogens with zero attached hydrogens (tertiary/aromatic N) is 1. The number of fused-ring (bicyclic) bond motifs is 1.